The monoisotopic (exact) mass is 317 g/mol. The number of hydrogen-bond donors (Lipinski definition) is 0. The number of carbonyl (C=O) groups excluding carboxylic acids is 1. The van der Waals surface area contributed by atoms with Gasteiger partial charge in [0.05, 0.1) is 20.3 Å². The summed E-state index contributed by atoms with van der Waals surface area (Å²) in [5, 5.41) is 1.60. The van der Waals surface area contributed by atoms with E-state index in [-0.39, 0.29) is 21.9 Å². The van der Waals surface area contributed by atoms with Gasteiger partial charge < -0.3 is 9.47 Å². The number of esters is 1. The molecule has 2 atom stereocenters. The van der Waals surface area contributed by atoms with Crippen LogP contribution in [0, 0.1) is 0 Å². The Morgan fingerprint density at radius 1 is 1.40 bits per heavy atom. The van der Waals surface area contributed by atoms with Crippen molar-refractivity contribution >= 4 is 27.3 Å². The molecule has 0 aliphatic carbocycles. The van der Waals surface area contributed by atoms with Gasteiger partial charge in [-0.15, -0.1) is 11.3 Å². The number of carbonyl (C=O) groups is 1. The molecule has 2 saturated heterocycles. The number of fused-ring (bicyclic) bond motifs is 2. The molecule has 2 fully saturated rings. The number of sulfonamides is 1. The summed E-state index contributed by atoms with van der Waals surface area (Å²) in [6.45, 7) is 0.848. The van der Waals surface area contributed by atoms with Crippen molar-refractivity contribution in [3.05, 3.63) is 16.3 Å². The molecule has 0 saturated carbocycles. The second-order valence-corrected chi connectivity index (χ2v) is 7.59. The smallest absolute Gasteiger partial charge is 0.349 e. The van der Waals surface area contributed by atoms with Crippen LogP contribution in [-0.4, -0.2) is 51.1 Å². The molecule has 0 spiro atoms. The lowest BCUT2D eigenvalue weighted by molar-refractivity contribution is 0.0268. The van der Waals surface area contributed by atoms with Crippen molar-refractivity contribution in [2.24, 2.45) is 0 Å². The number of nitrogens with zero attached hydrogens (tertiary/aromatic N) is 1. The molecule has 8 heteroatoms. The molecule has 20 heavy (non-hydrogen) atoms. The second kappa shape index (κ2) is 5.10. The standard InChI is InChI=1S/C12H15NO5S2/c1-17-12(14)11-10(4-5-19-11)20(15,16)13-8-2-3-9(13)7-18-6-8/h4-5,8-9H,2-3,6-7H2,1H3/t8-,9-/m0/s1. The Hall–Kier alpha value is -0.960. The molecule has 110 valence electrons. The van der Waals surface area contributed by atoms with Gasteiger partial charge in [-0.3, -0.25) is 0 Å². The highest BCUT2D eigenvalue weighted by Gasteiger charge is 2.46. The van der Waals surface area contributed by atoms with Crippen molar-refractivity contribution in [2.45, 2.75) is 29.8 Å². The molecule has 2 aliphatic rings. The van der Waals surface area contributed by atoms with E-state index in [1.807, 2.05) is 0 Å². The molecule has 1 aromatic heterocycles. The number of morpholine rings is 1. The largest absolute Gasteiger partial charge is 0.465 e. The van der Waals surface area contributed by atoms with E-state index in [4.69, 9.17) is 4.74 Å². The molecule has 0 unspecified atom stereocenters. The third-order valence-corrected chi connectivity index (χ3v) is 6.80. The van der Waals surface area contributed by atoms with Gasteiger partial charge in [0, 0.05) is 12.1 Å². The predicted octanol–water partition coefficient (Wildman–Crippen LogP) is 1.09. The van der Waals surface area contributed by atoms with Crippen molar-refractivity contribution in [3.63, 3.8) is 0 Å². The van der Waals surface area contributed by atoms with Crippen molar-refractivity contribution in [3.8, 4) is 0 Å². The fourth-order valence-corrected chi connectivity index (χ4v) is 5.99. The summed E-state index contributed by atoms with van der Waals surface area (Å²) in [6.07, 6.45) is 1.61. The fraction of sp³-hybridized carbons (Fsp3) is 0.583. The second-order valence-electron chi connectivity index (χ2n) is 4.86. The van der Waals surface area contributed by atoms with Gasteiger partial charge in [-0.05, 0) is 24.3 Å². The van der Waals surface area contributed by atoms with Crippen LogP contribution in [0.4, 0.5) is 0 Å². The normalized spacial score (nSPS) is 26.6. The number of rotatable bonds is 3. The SMILES string of the molecule is COC(=O)c1sccc1S(=O)(=O)N1[C@H]2CC[C@H]1COC2. The van der Waals surface area contributed by atoms with Crippen LogP contribution in [0.5, 0.6) is 0 Å². The van der Waals surface area contributed by atoms with E-state index < -0.39 is 16.0 Å². The molecule has 2 bridgehead atoms. The molecular formula is C12H15NO5S2. The first-order chi connectivity index (χ1) is 9.55. The van der Waals surface area contributed by atoms with Gasteiger partial charge in [0.2, 0.25) is 10.0 Å². The van der Waals surface area contributed by atoms with Crippen LogP contribution >= 0.6 is 11.3 Å². The third-order valence-electron chi connectivity index (χ3n) is 3.73. The summed E-state index contributed by atoms with van der Waals surface area (Å²) in [5.74, 6) is -0.612. The van der Waals surface area contributed by atoms with Crippen LogP contribution in [0.3, 0.4) is 0 Å². The van der Waals surface area contributed by atoms with Crippen LogP contribution in [0.2, 0.25) is 0 Å². The zero-order valence-corrected chi connectivity index (χ0v) is 12.6. The minimum absolute atomic E-state index is 0.0492. The summed E-state index contributed by atoms with van der Waals surface area (Å²) < 4.78 is 37.2. The lowest BCUT2D eigenvalue weighted by atomic mass is 10.2. The van der Waals surface area contributed by atoms with Gasteiger partial charge in [0.15, 0.2) is 0 Å². The lowest BCUT2D eigenvalue weighted by Gasteiger charge is -2.33. The molecule has 3 heterocycles. The van der Waals surface area contributed by atoms with E-state index >= 15 is 0 Å². The number of hydrogen-bond acceptors (Lipinski definition) is 6. The van der Waals surface area contributed by atoms with Crippen LogP contribution < -0.4 is 0 Å². The molecule has 0 amide bonds. The van der Waals surface area contributed by atoms with E-state index in [0.717, 1.165) is 24.2 Å². The maximum Gasteiger partial charge on any atom is 0.349 e. The maximum absolute atomic E-state index is 12.8. The average Bonchev–Trinajstić information content (AvgIpc) is 3.02. The fourth-order valence-electron chi connectivity index (χ4n) is 2.84. The van der Waals surface area contributed by atoms with Crippen LogP contribution in [0.1, 0.15) is 22.5 Å². The first-order valence-electron chi connectivity index (χ1n) is 6.33. The Morgan fingerprint density at radius 3 is 2.65 bits per heavy atom. The van der Waals surface area contributed by atoms with Crippen LogP contribution in [0.25, 0.3) is 0 Å². The molecule has 2 aliphatic heterocycles. The van der Waals surface area contributed by atoms with Gasteiger partial charge in [0.25, 0.3) is 0 Å². The summed E-state index contributed by atoms with van der Waals surface area (Å²) in [4.78, 5) is 11.9. The average molecular weight is 317 g/mol. The van der Waals surface area contributed by atoms with Crippen molar-refractivity contribution < 1.29 is 22.7 Å². The van der Waals surface area contributed by atoms with Gasteiger partial charge >= 0.3 is 5.97 Å². The summed E-state index contributed by atoms with van der Waals surface area (Å²) in [7, 11) is -2.43. The maximum atomic E-state index is 12.8. The Bertz CT molecular complexity index is 608. The van der Waals surface area contributed by atoms with E-state index in [9.17, 15) is 13.2 Å². The minimum Gasteiger partial charge on any atom is -0.465 e. The Balaban J connectivity index is 2.01. The third kappa shape index (κ3) is 2.07. The molecule has 1 aromatic rings. The molecule has 0 radical (unpaired) electrons. The van der Waals surface area contributed by atoms with E-state index in [1.165, 1.54) is 17.5 Å². The van der Waals surface area contributed by atoms with Gasteiger partial charge in [-0.1, -0.05) is 0 Å². The van der Waals surface area contributed by atoms with Gasteiger partial charge in [0.1, 0.15) is 9.77 Å². The summed E-state index contributed by atoms with van der Waals surface area (Å²) >= 11 is 1.08. The quantitative estimate of drug-likeness (QED) is 0.780. The van der Waals surface area contributed by atoms with Crippen molar-refractivity contribution in [1.29, 1.82) is 0 Å². The van der Waals surface area contributed by atoms with Crippen LogP contribution in [0.15, 0.2) is 16.3 Å². The Labute approximate surface area is 121 Å². The van der Waals surface area contributed by atoms with Crippen LogP contribution in [-0.2, 0) is 19.5 Å². The zero-order chi connectivity index (χ0) is 14.3. The molecule has 0 N–H and O–H groups in total. The highest BCUT2D eigenvalue weighted by molar-refractivity contribution is 7.89. The predicted molar refractivity (Wildman–Crippen MR) is 72.3 cm³/mol. The minimum atomic E-state index is -3.68. The topological polar surface area (TPSA) is 72.9 Å². The number of ether oxygens (including phenoxy) is 2. The lowest BCUT2D eigenvalue weighted by Crippen LogP contribution is -2.49. The zero-order valence-electron chi connectivity index (χ0n) is 10.9. The molecule has 0 aromatic carbocycles. The van der Waals surface area contributed by atoms with Crippen molar-refractivity contribution in [2.75, 3.05) is 20.3 Å². The van der Waals surface area contributed by atoms with Gasteiger partial charge in [-0.25, -0.2) is 13.2 Å². The Morgan fingerprint density at radius 2 is 2.05 bits per heavy atom. The first-order valence-corrected chi connectivity index (χ1v) is 8.64. The van der Waals surface area contributed by atoms with E-state index in [0.29, 0.717) is 13.2 Å². The molecule has 6 nitrogen and oxygen atoms in total. The highest BCUT2D eigenvalue weighted by Crippen LogP contribution is 2.36. The van der Waals surface area contributed by atoms with Gasteiger partial charge in [-0.2, -0.15) is 4.31 Å². The van der Waals surface area contributed by atoms with Crippen molar-refractivity contribution in [1.82, 2.24) is 4.31 Å². The molecule has 3 rings (SSSR count). The number of methoxy groups -OCH3 is 1. The first kappa shape index (κ1) is 14.0. The molecular weight excluding hydrogens is 302 g/mol. The number of thiophene rings is 1. The highest BCUT2D eigenvalue weighted by atomic mass is 32.2. The van der Waals surface area contributed by atoms with E-state index in [1.54, 1.807) is 5.38 Å². The summed E-state index contributed by atoms with van der Waals surface area (Å²) in [5.41, 5.74) is 0. The Kier molecular flexibility index (Phi) is 3.57. The summed E-state index contributed by atoms with van der Waals surface area (Å²) in [6, 6.07) is 1.23. The van der Waals surface area contributed by atoms with E-state index in [2.05, 4.69) is 4.74 Å².